The number of fused-ring (bicyclic) bond motifs is 2. The summed E-state index contributed by atoms with van der Waals surface area (Å²) in [4.78, 5) is 43.4. The molecule has 2 N–H and O–H groups in total. The molecule has 33 heavy (non-hydrogen) atoms. The van der Waals surface area contributed by atoms with Crippen LogP contribution in [0.1, 0.15) is 31.9 Å². The van der Waals surface area contributed by atoms with Crippen molar-refractivity contribution in [1.29, 1.82) is 0 Å². The van der Waals surface area contributed by atoms with Gasteiger partial charge in [-0.2, -0.15) is 0 Å². The SMILES string of the molecule is CC(C)(C)OC(=O)N1CCN(C(=O)N2c3ccccc3C=Cc3ccccc32)[C@H](C(N)=O)C1. The Bertz CT molecular complexity index is 1070. The van der Waals surface area contributed by atoms with Crippen LogP contribution in [0, 0.1) is 0 Å². The van der Waals surface area contributed by atoms with Gasteiger partial charge in [0.25, 0.3) is 0 Å². The van der Waals surface area contributed by atoms with Crippen molar-refractivity contribution >= 4 is 41.6 Å². The third kappa shape index (κ3) is 4.55. The maximum atomic E-state index is 13.9. The van der Waals surface area contributed by atoms with Gasteiger partial charge in [-0.25, -0.2) is 9.59 Å². The van der Waals surface area contributed by atoms with E-state index in [1.807, 2.05) is 60.7 Å². The Hall–Kier alpha value is -3.81. The molecule has 1 fully saturated rings. The zero-order valence-electron chi connectivity index (χ0n) is 19.0. The average Bonchev–Trinajstić information content (AvgIpc) is 2.94. The summed E-state index contributed by atoms with van der Waals surface area (Å²) in [5, 5.41) is 0. The van der Waals surface area contributed by atoms with E-state index < -0.39 is 23.6 Å². The first-order chi connectivity index (χ1) is 15.7. The number of amides is 4. The molecule has 1 atom stereocenters. The summed E-state index contributed by atoms with van der Waals surface area (Å²) in [5.74, 6) is -0.675. The van der Waals surface area contributed by atoms with Crippen LogP contribution in [0.4, 0.5) is 21.0 Å². The van der Waals surface area contributed by atoms with E-state index in [4.69, 9.17) is 10.5 Å². The molecule has 8 heteroatoms. The van der Waals surface area contributed by atoms with Crippen molar-refractivity contribution in [2.45, 2.75) is 32.4 Å². The van der Waals surface area contributed by atoms with Gasteiger partial charge in [0.1, 0.15) is 11.6 Å². The van der Waals surface area contributed by atoms with Crippen LogP contribution in [0.2, 0.25) is 0 Å². The van der Waals surface area contributed by atoms with Crippen LogP contribution in [-0.4, -0.2) is 59.1 Å². The summed E-state index contributed by atoms with van der Waals surface area (Å²) in [7, 11) is 0. The standard InChI is InChI=1S/C25H28N4O4/c1-25(2,3)33-24(32)27-14-15-28(21(16-27)22(26)30)23(31)29-19-10-6-4-8-17(19)12-13-18-9-5-7-11-20(18)29/h4-13,21H,14-16H2,1-3H3,(H2,26,30)/t21-/m0/s1. The lowest BCUT2D eigenvalue weighted by atomic mass is 10.1. The number of carbonyl (C=O) groups is 3. The van der Waals surface area contributed by atoms with Crippen molar-refractivity contribution in [2.24, 2.45) is 5.73 Å². The predicted molar refractivity (Wildman–Crippen MR) is 127 cm³/mol. The molecular formula is C25H28N4O4. The van der Waals surface area contributed by atoms with E-state index >= 15 is 0 Å². The second kappa shape index (κ2) is 8.61. The Morgan fingerprint density at radius 2 is 1.45 bits per heavy atom. The molecule has 0 unspecified atom stereocenters. The lowest BCUT2D eigenvalue weighted by Crippen LogP contribution is -2.63. The van der Waals surface area contributed by atoms with E-state index in [0.717, 1.165) is 11.1 Å². The highest BCUT2D eigenvalue weighted by Crippen LogP contribution is 2.37. The first kappa shape index (κ1) is 22.4. The summed E-state index contributed by atoms with van der Waals surface area (Å²) in [6, 6.07) is 13.8. The Balaban J connectivity index is 1.67. The van der Waals surface area contributed by atoms with Crippen LogP contribution >= 0.6 is 0 Å². The van der Waals surface area contributed by atoms with E-state index in [-0.39, 0.29) is 25.7 Å². The fourth-order valence-corrected chi connectivity index (χ4v) is 4.06. The van der Waals surface area contributed by atoms with Crippen LogP contribution in [-0.2, 0) is 9.53 Å². The molecule has 0 aromatic heterocycles. The topological polar surface area (TPSA) is 96.2 Å². The fraction of sp³-hybridized carbons (Fsp3) is 0.320. The van der Waals surface area contributed by atoms with Gasteiger partial charge in [0.05, 0.1) is 17.9 Å². The predicted octanol–water partition coefficient (Wildman–Crippen LogP) is 3.84. The van der Waals surface area contributed by atoms with Crippen LogP contribution in [0.25, 0.3) is 12.2 Å². The summed E-state index contributed by atoms with van der Waals surface area (Å²) < 4.78 is 5.44. The number of para-hydroxylation sites is 2. The first-order valence-corrected chi connectivity index (χ1v) is 10.9. The van der Waals surface area contributed by atoms with E-state index in [0.29, 0.717) is 11.4 Å². The number of benzene rings is 2. The molecule has 4 rings (SSSR count). The third-order valence-electron chi connectivity index (χ3n) is 5.60. The molecule has 172 valence electrons. The molecule has 1 saturated heterocycles. The molecule has 8 nitrogen and oxygen atoms in total. The van der Waals surface area contributed by atoms with Crippen molar-refractivity contribution in [3.63, 3.8) is 0 Å². The minimum absolute atomic E-state index is 0.0225. The fourth-order valence-electron chi connectivity index (χ4n) is 4.06. The molecule has 2 heterocycles. The average molecular weight is 449 g/mol. The summed E-state index contributed by atoms with van der Waals surface area (Å²) in [5.41, 5.74) is 8.20. The number of primary amides is 1. The Kier molecular flexibility index (Phi) is 5.84. The first-order valence-electron chi connectivity index (χ1n) is 10.9. The van der Waals surface area contributed by atoms with Crippen LogP contribution < -0.4 is 10.6 Å². The number of hydrogen-bond acceptors (Lipinski definition) is 4. The summed E-state index contributed by atoms with van der Waals surface area (Å²) >= 11 is 0. The molecule has 0 aliphatic carbocycles. The highest BCUT2D eigenvalue weighted by molar-refractivity contribution is 6.06. The van der Waals surface area contributed by atoms with Crippen LogP contribution in [0.5, 0.6) is 0 Å². The van der Waals surface area contributed by atoms with Gasteiger partial charge >= 0.3 is 12.1 Å². The quantitative estimate of drug-likeness (QED) is 0.717. The molecule has 2 aliphatic rings. The van der Waals surface area contributed by atoms with E-state index in [1.165, 1.54) is 9.80 Å². The summed E-state index contributed by atoms with van der Waals surface area (Å²) in [6.07, 6.45) is 3.40. The second-order valence-corrected chi connectivity index (χ2v) is 9.11. The van der Waals surface area contributed by atoms with Crippen molar-refractivity contribution in [2.75, 3.05) is 24.5 Å². The number of nitrogens with zero attached hydrogens (tertiary/aromatic N) is 3. The maximum absolute atomic E-state index is 13.9. The molecule has 0 bridgehead atoms. The number of ether oxygens (including phenoxy) is 1. The lowest BCUT2D eigenvalue weighted by molar-refractivity contribution is -0.123. The zero-order valence-corrected chi connectivity index (χ0v) is 19.0. The Morgan fingerprint density at radius 1 is 0.909 bits per heavy atom. The number of nitrogens with two attached hydrogens (primary N) is 1. The van der Waals surface area contributed by atoms with Gasteiger partial charge in [-0.1, -0.05) is 48.6 Å². The largest absolute Gasteiger partial charge is 0.444 e. The number of hydrogen-bond donors (Lipinski definition) is 1. The smallest absolute Gasteiger partial charge is 0.410 e. The Morgan fingerprint density at radius 3 is 1.97 bits per heavy atom. The van der Waals surface area contributed by atoms with Gasteiger partial charge in [-0.15, -0.1) is 0 Å². The van der Waals surface area contributed by atoms with E-state index in [9.17, 15) is 14.4 Å². The Labute approximate surface area is 193 Å². The number of carbonyl (C=O) groups excluding carboxylic acids is 3. The number of rotatable bonds is 1. The number of piperazine rings is 1. The van der Waals surface area contributed by atoms with Gasteiger partial charge in [-0.3, -0.25) is 9.69 Å². The van der Waals surface area contributed by atoms with Crippen molar-refractivity contribution in [3.8, 4) is 0 Å². The second-order valence-electron chi connectivity index (χ2n) is 9.11. The highest BCUT2D eigenvalue weighted by atomic mass is 16.6. The molecule has 2 aromatic rings. The van der Waals surface area contributed by atoms with E-state index in [2.05, 4.69) is 0 Å². The number of anilines is 2. The van der Waals surface area contributed by atoms with Gasteiger partial charge in [0, 0.05) is 13.1 Å². The molecule has 0 spiro atoms. The third-order valence-corrected chi connectivity index (χ3v) is 5.60. The molecule has 2 aromatic carbocycles. The van der Waals surface area contributed by atoms with Gasteiger partial charge < -0.3 is 20.3 Å². The van der Waals surface area contributed by atoms with Crippen molar-refractivity contribution in [3.05, 3.63) is 59.7 Å². The maximum Gasteiger partial charge on any atom is 0.410 e. The molecule has 0 radical (unpaired) electrons. The minimum Gasteiger partial charge on any atom is -0.444 e. The van der Waals surface area contributed by atoms with Gasteiger partial charge in [-0.05, 0) is 44.0 Å². The highest BCUT2D eigenvalue weighted by Gasteiger charge is 2.40. The summed E-state index contributed by atoms with van der Waals surface area (Å²) in [6.45, 7) is 5.70. The number of urea groups is 1. The van der Waals surface area contributed by atoms with Crippen molar-refractivity contribution < 1.29 is 19.1 Å². The van der Waals surface area contributed by atoms with Crippen LogP contribution in [0.15, 0.2) is 48.5 Å². The minimum atomic E-state index is -0.977. The van der Waals surface area contributed by atoms with Crippen LogP contribution in [0.3, 0.4) is 0 Å². The lowest BCUT2D eigenvalue weighted by Gasteiger charge is -2.42. The zero-order chi connectivity index (χ0) is 23.8. The molecule has 4 amide bonds. The normalized spacial score (nSPS) is 17.7. The van der Waals surface area contributed by atoms with Gasteiger partial charge in [0.2, 0.25) is 5.91 Å². The molecular weight excluding hydrogens is 420 g/mol. The van der Waals surface area contributed by atoms with Gasteiger partial charge in [0.15, 0.2) is 0 Å². The molecule has 2 aliphatic heterocycles. The molecule has 0 saturated carbocycles. The van der Waals surface area contributed by atoms with E-state index in [1.54, 1.807) is 25.7 Å². The van der Waals surface area contributed by atoms with Crippen molar-refractivity contribution in [1.82, 2.24) is 9.80 Å². The monoisotopic (exact) mass is 448 g/mol.